The summed E-state index contributed by atoms with van der Waals surface area (Å²) in [6, 6.07) is 0. The fourth-order valence-corrected chi connectivity index (χ4v) is 0.972. The summed E-state index contributed by atoms with van der Waals surface area (Å²) in [5, 5.41) is 18.0. The first-order valence-electron chi connectivity index (χ1n) is 4.51. The van der Waals surface area contributed by atoms with Gasteiger partial charge >= 0.3 is 5.97 Å². The number of aliphatic hydroxyl groups is 1. The van der Waals surface area contributed by atoms with Crippen molar-refractivity contribution in [1.29, 1.82) is 0 Å². The van der Waals surface area contributed by atoms with Gasteiger partial charge in [0, 0.05) is 6.54 Å². The molecule has 0 bridgehead atoms. The van der Waals surface area contributed by atoms with Gasteiger partial charge in [0.15, 0.2) is 0 Å². The van der Waals surface area contributed by atoms with Crippen LogP contribution < -0.4 is 0 Å². The van der Waals surface area contributed by atoms with Crippen LogP contribution in [-0.4, -0.2) is 46.3 Å². The van der Waals surface area contributed by atoms with Crippen LogP contribution in [0, 0.1) is 0 Å². The number of hydrogen-bond donors (Lipinski definition) is 2. The molecule has 0 atom stereocenters. The van der Waals surface area contributed by atoms with Crippen LogP contribution in [0.1, 0.15) is 27.2 Å². The topological polar surface area (TPSA) is 60.8 Å². The molecule has 0 rings (SSSR count). The van der Waals surface area contributed by atoms with Crippen LogP contribution in [0.4, 0.5) is 0 Å². The van der Waals surface area contributed by atoms with Gasteiger partial charge in [-0.2, -0.15) is 0 Å². The van der Waals surface area contributed by atoms with Gasteiger partial charge in [-0.3, -0.25) is 9.69 Å². The molecule has 0 aliphatic rings. The van der Waals surface area contributed by atoms with Crippen molar-refractivity contribution in [2.75, 3.05) is 19.6 Å². The van der Waals surface area contributed by atoms with E-state index in [1.165, 1.54) is 0 Å². The second kappa shape index (κ2) is 5.19. The van der Waals surface area contributed by atoms with Crippen molar-refractivity contribution in [3.63, 3.8) is 0 Å². The molecule has 0 unspecified atom stereocenters. The number of carbonyl (C=O) groups is 1. The van der Waals surface area contributed by atoms with Gasteiger partial charge in [-0.15, -0.1) is 0 Å². The van der Waals surface area contributed by atoms with Gasteiger partial charge in [0.25, 0.3) is 0 Å². The zero-order valence-corrected chi connectivity index (χ0v) is 8.58. The molecule has 0 heterocycles. The van der Waals surface area contributed by atoms with Gasteiger partial charge in [0.2, 0.25) is 0 Å². The maximum atomic E-state index is 10.4. The molecule has 4 nitrogen and oxygen atoms in total. The minimum Gasteiger partial charge on any atom is -0.480 e. The Balaban J connectivity index is 3.79. The fourth-order valence-electron chi connectivity index (χ4n) is 0.972. The normalized spacial score (nSPS) is 12.1. The van der Waals surface area contributed by atoms with Gasteiger partial charge in [0.1, 0.15) is 0 Å². The van der Waals surface area contributed by atoms with E-state index in [0.29, 0.717) is 19.5 Å². The molecule has 0 radical (unpaired) electrons. The summed E-state index contributed by atoms with van der Waals surface area (Å²) in [6.07, 6.45) is 0.591. The van der Waals surface area contributed by atoms with Gasteiger partial charge in [-0.25, -0.2) is 0 Å². The highest BCUT2D eigenvalue weighted by atomic mass is 16.4. The van der Waals surface area contributed by atoms with Crippen LogP contribution in [0.25, 0.3) is 0 Å². The van der Waals surface area contributed by atoms with E-state index in [9.17, 15) is 9.90 Å². The van der Waals surface area contributed by atoms with Crippen LogP contribution >= 0.6 is 0 Å². The minimum atomic E-state index is -0.822. The van der Waals surface area contributed by atoms with Crippen LogP contribution in [0.15, 0.2) is 0 Å². The van der Waals surface area contributed by atoms with E-state index in [1.807, 2.05) is 6.92 Å². The Kier molecular flexibility index (Phi) is 4.95. The number of carboxylic acids is 1. The third-order valence-corrected chi connectivity index (χ3v) is 1.85. The summed E-state index contributed by atoms with van der Waals surface area (Å²) >= 11 is 0. The quantitative estimate of drug-likeness (QED) is 0.640. The Morgan fingerprint density at radius 3 is 2.31 bits per heavy atom. The number of likely N-dealkylation sites (N-methyl/N-ethyl adjacent to an activating group) is 1. The Hall–Kier alpha value is -0.610. The van der Waals surface area contributed by atoms with E-state index in [4.69, 9.17) is 5.11 Å². The third kappa shape index (κ3) is 7.74. The number of aliphatic carboxylic acids is 1. The first-order chi connectivity index (χ1) is 5.85. The monoisotopic (exact) mass is 189 g/mol. The van der Waals surface area contributed by atoms with Crippen molar-refractivity contribution in [2.24, 2.45) is 0 Å². The summed E-state index contributed by atoms with van der Waals surface area (Å²) in [7, 11) is 0. The summed E-state index contributed by atoms with van der Waals surface area (Å²) in [5.74, 6) is -0.822. The molecule has 0 fully saturated rings. The molecule has 13 heavy (non-hydrogen) atoms. The van der Waals surface area contributed by atoms with Crippen LogP contribution in [0.2, 0.25) is 0 Å². The summed E-state index contributed by atoms with van der Waals surface area (Å²) < 4.78 is 0. The Labute approximate surface area is 79.2 Å². The van der Waals surface area contributed by atoms with E-state index in [2.05, 4.69) is 0 Å². The van der Waals surface area contributed by atoms with Crippen molar-refractivity contribution in [1.82, 2.24) is 4.90 Å². The molecule has 0 aromatic carbocycles. The van der Waals surface area contributed by atoms with Crippen molar-refractivity contribution in [3.05, 3.63) is 0 Å². The molecular weight excluding hydrogens is 170 g/mol. The first-order valence-corrected chi connectivity index (χ1v) is 4.51. The number of rotatable bonds is 6. The average molecular weight is 189 g/mol. The number of hydrogen-bond acceptors (Lipinski definition) is 3. The molecule has 0 amide bonds. The minimum absolute atomic E-state index is 0.0482. The third-order valence-electron chi connectivity index (χ3n) is 1.85. The number of carboxylic acid groups (broad SMARTS) is 1. The second-order valence-corrected chi connectivity index (χ2v) is 3.82. The first kappa shape index (κ1) is 12.4. The van der Waals surface area contributed by atoms with E-state index in [-0.39, 0.29) is 6.54 Å². The van der Waals surface area contributed by atoms with Crippen molar-refractivity contribution in [3.8, 4) is 0 Å². The van der Waals surface area contributed by atoms with Crippen LogP contribution in [0.3, 0.4) is 0 Å². The largest absolute Gasteiger partial charge is 0.480 e. The van der Waals surface area contributed by atoms with Gasteiger partial charge in [-0.1, -0.05) is 6.92 Å². The zero-order valence-electron chi connectivity index (χ0n) is 8.58. The lowest BCUT2D eigenvalue weighted by atomic mass is 10.1. The molecule has 78 valence electrons. The lowest BCUT2D eigenvalue weighted by molar-refractivity contribution is -0.138. The maximum absolute atomic E-state index is 10.4. The van der Waals surface area contributed by atoms with E-state index < -0.39 is 11.6 Å². The summed E-state index contributed by atoms with van der Waals surface area (Å²) in [6.45, 7) is 6.72. The molecule has 0 saturated carbocycles. The SMILES string of the molecule is CCN(CCC(C)(C)O)CC(=O)O. The summed E-state index contributed by atoms with van der Waals surface area (Å²) in [4.78, 5) is 12.2. The predicted molar refractivity (Wildman–Crippen MR) is 50.7 cm³/mol. The van der Waals surface area contributed by atoms with E-state index >= 15 is 0 Å². The Morgan fingerprint density at radius 1 is 1.46 bits per heavy atom. The standard InChI is InChI=1S/C9H19NO3/c1-4-10(7-8(11)12)6-5-9(2,3)13/h13H,4-7H2,1-3H3,(H,11,12). The van der Waals surface area contributed by atoms with E-state index in [1.54, 1.807) is 18.7 Å². The molecule has 0 spiro atoms. The maximum Gasteiger partial charge on any atom is 0.317 e. The van der Waals surface area contributed by atoms with Gasteiger partial charge < -0.3 is 10.2 Å². The Bertz CT molecular complexity index is 163. The fraction of sp³-hybridized carbons (Fsp3) is 0.889. The van der Waals surface area contributed by atoms with Crippen LogP contribution in [-0.2, 0) is 4.79 Å². The predicted octanol–water partition coefficient (Wildman–Crippen LogP) is 0.554. The van der Waals surface area contributed by atoms with Crippen molar-refractivity contribution in [2.45, 2.75) is 32.8 Å². The van der Waals surface area contributed by atoms with Gasteiger partial charge in [-0.05, 0) is 26.8 Å². The summed E-state index contributed by atoms with van der Waals surface area (Å²) in [5.41, 5.74) is -0.716. The smallest absolute Gasteiger partial charge is 0.317 e. The second-order valence-electron chi connectivity index (χ2n) is 3.82. The molecule has 4 heteroatoms. The molecule has 0 aromatic heterocycles. The van der Waals surface area contributed by atoms with Crippen molar-refractivity contribution >= 4 is 5.97 Å². The molecule has 0 aliphatic carbocycles. The molecule has 0 saturated heterocycles. The molecule has 0 aliphatic heterocycles. The lowest BCUT2D eigenvalue weighted by Crippen LogP contribution is -2.34. The molecule has 2 N–H and O–H groups in total. The zero-order chi connectivity index (χ0) is 10.5. The van der Waals surface area contributed by atoms with Crippen molar-refractivity contribution < 1.29 is 15.0 Å². The highest BCUT2D eigenvalue weighted by molar-refractivity contribution is 5.69. The highest BCUT2D eigenvalue weighted by Gasteiger charge is 2.15. The van der Waals surface area contributed by atoms with E-state index in [0.717, 1.165) is 0 Å². The lowest BCUT2D eigenvalue weighted by Gasteiger charge is -2.23. The Morgan fingerprint density at radius 2 is 2.00 bits per heavy atom. The molecule has 0 aromatic rings. The average Bonchev–Trinajstić information content (AvgIpc) is 1.95. The number of nitrogens with zero attached hydrogens (tertiary/aromatic N) is 1. The highest BCUT2D eigenvalue weighted by Crippen LogP contribution is 2.07. The molecular formula is C9H19NO3. The van der Waals surface area contributed by atoms with Gasteiger partial charge in [0.05, 0.1) is 12.1 Å². The van der Waals surface area contributed by atoms with Crippen LogP contribution in [0.5, 0.6) is 0 Å².